The highest BCUT2D eigenvalue weighted by atomic mass is 35.5. The van der Waals surface area contributed by atoms with Crippen LogP contribution in [0, 0.1) is 17.8 Å². The van der Waals surface area contributed by atoms with Crippen molar-refractivity contribution in [1.82, 2.24) is 0 Å². The van der Waals surface area contributed by atoms with Gasteiger partial charge in [-0.25, -0.2) is 4.90 Å². The van der Waals surface area contributed by atoms with Gasteiger partial charge in [0, 0.05) is 16.9 Å². The molecule has 7 rings (SSSR count). The molecule has 2 aliphatic heterocycles. The lowest BCUT2D eigenvalue weighted by Gasteiger charge is -2.38. The number of halogens is 1. The molecule has 37 heavy (non-hydrogen) atoms. The molecule has 0 spiro atoms. The van der Waals surface area contributed by atoms with Gasteiger partial charge in [-0.15, -0.1) is 0 Å². The Bertz CT molecular complexity index is 1660. The van der Waals surface area contributed by atoms with E-state index in [1.807, 2.05) is 72.8 Å². The number of nitrogens with zero attached hydrogens (tertiary/aromatic N) is 1. The average molecular weight is 506 g/mol. The molecule has 0 saturated carbocycles. The zero-order valence-electron chi connectivity index (χ0n) is 19.5. The Kier molecular flexibility index (Phi) is 4.85. The summed E-state index contributed by atoms with van der Waals surface area (Å²) in [5, 5.41) is 2.09. The van der Waals surface area contributed by atoms with Gasteiger partial charge in [-0.1, -0.05) is 96.5 Å². The number of fused-ring (bicyclic) bond motifs is 7. The van der Waals surface area contributed by atoms with Gasteiger partial charge in [-0.3, -0.25) is 14.4 Å². The Balaban J connectivity index is 1.46. The topological polar surface area (TPSA) is 63.7 Å². The fourth-order valence-corrected chi connectivity index (χ4v) is 6.38. The fourth-order valence-electron chi connectivity index (χ4n) is 6.16. The normalized spacial score (nSPS) is 24.3. The van der Waals surface area contributed by atoms with Crippen LogP contribution < -0.4 is 9.64 Å². The van der Waals surface area contributed by atoms with Crippen LogP contribution in [-0.4, -0.2) is 17.8 Å². The van der Waals surface area contributed by atoms with E-state index in [2.05, 4.69) is 0 Å². The van der Waals surface area contributed by atoms with Crippen molar-refractivity contribution in [2.24, 2.45) is 17.8 Å². The first kappa shape index (κ1) is 22.0. The van der Waals surface area contributed by atoms with Gasteiger partial charge in [0.25, 0.3) is 0 Å². The summed E-state index contributed by atoms with van der Waals surface area (Å²) >= 11 is 6.42. The number of anilines is 1. The van der Waals surface area contributed by atoms with E-state index in [0.29, 0.717) is 16.5 Å². The second-order valence-electron chi connectivity index (χ2n) is 9.64. The van der Waals surface area contributed by atoms with Crippen molar-refractivity contribution >= 4 is 51.4 Å². The third kappa shape index (κ3) is 3.14. The van der Waals surface area contributed by atoms with Gasteiger partial charge in [0.1, 0.15) is 5.75 Å². The van der Waals surface area contributed by atoms with Crippen molar-refractivity contribution in [3.63, 3.8) is 0 Å². The van der Waals surface area contributed by atoms with Gasteiger partial charge in [0.15, 0.2) is 0 Å². The number of carbonyl (C=O) groups excluding carboxylic acids is 3. The number of ether oxygens (including phenoxy) is 1. The molecule has 4 atom stereocenters. The molecule has 6 heteroatoms. The average Bonchev–Trinajstić information content (AvgIpc) is 3.19. The monoisotopic (exact) mass is 505 g/mol. The molecule has 2 amide bonds. The van der Waals surface area contributed by atoms with E-state index in [4.69, 9.17) is 16.3 Å². The molecule has 3 aliphatic rings. The van der Waals surface area contributed by atoms with Crippen molar-refractivity contribution in [1.29, 1.82) is 0 Å². The van der Waals surface area contributed by atoms with Crippen LogP contribution in [0.5, 0.6) is 5.75 Å². The van der Waals surface area contributed by atoms with Crippen LogP contribution in [0.3, 0.4) is 0 Å². The van der Waals surface area contributed by atoms with E-state index in [-0.39, 0.29) is 5.91 Å². The number of benzene rings is 4. The summed E-state index contributed by atoms with van der Waals surface area (Å²) in [4.78, 5) is 42.7. The SMILES string of the molecule is O=C1Oc2c(ccc3ccccc23)C2=C[C@H](c3ccccc3)[C@@H]3C(=O)N(c4ccccc4Cl)C(=O)[C@@H]3[C@H]12. The van der Waals surface area contributed by atoms with Gasteiger partial charge in [0.2, 0.25) is 11.8 Å². The van der Waals surface area contributed by atoms with Gasteiger partial charge in [-0.2, -0.15) is 0 Å². The fraction of sp³-hybridized carbons (Fsp3) is 0.129. The molecule has 0 unspecified atom stereocenters. The lowest BCUT2D eigenvalue weighted by molar-refractivity contribution is -0.142. The highest BCUT2D eigenvalue weighted by Gasteiger charge is 2.60. The molecule has 0 aromatic heterocycles. The van der Waals surface area contributed by atoms with E-state index >= 15 is 0 Å². The minimum absolute atomic E-state index is 0.301. The van der Waals surface area contributed by atoms with Crippen LogP contribution in [0.4, 0.5) is 5.69 Å². The van der Waals surface area contributed by atoms with Crippen molar-refractivity contribution in [3.05, 3.63) is 113 Å². The van der Waals surface area contributed by atoms with E-state index < -0.39 is 35.5 Å². The predicted molar refractivity (Wildman–Crippen MR) is 141 cm³/mol. The van der Waals surface area contributed by atoms with Crippen LogP contribution in [-0.2, 0) is 14.4 Å². The standard InChI is InChI=1S/C31H20ClNO4/c32-23-12-6-7-13-24(23)33-29(34)25-21(17-8-2-1-3-9-17)16-22-20-15-14-18-10-4-5-11-19(18)28(20)37-31(36)26(22)27(25)30(33)35/h1-16,21,25-27H/t21-,25+,26-,27+/m1/s1. The van der Waals surface area contributed by atoms with Crippen LogP contribution in [0.25, 0.3) is 16.3 Å². The molecule has 0 radical (unpaired) electrons. The maximum Gasteiger partial charge on any atom is 0.319 e. The van der Waals surface area contributed by atoms with Crippen LogP contribution in [0.15, 0.2) is 97.1 Å². The van der Waals surface area contributed by atoms with E-state index in [1.54, 1.807) is 24.3 Å². The number of hydrogen-bond donors (Lipinski definition) is 0. The molecule has 1 aliphatic carbocycles. The summed E-state index contributed by atoms with van der Waals surface area (Å²) in [6.45, 7) is 0. The number of para-hydroxylation sites is 1. The van der Waals surface area contributed by atoms with E-state index in [9.17, 15) is 14.4 Å². The summed E-state index contributed by atoms with van der Waals surface area (Å²) < 4.78 is 5.92. The molecule has 1 saturated heterocycles. The predicted octanol–water partition coefficient (Wildman–Crippen LogP) is 6.02. The zero-order valence-corrected chi connectivity index (χ0v) is 20.3. The number of hydrogen-bond acceptors (Lipinski definition) is 4. The van der Waals surface area contributed by atoms with Crippen LogP contribution >= 0.6 is 11.6 Å². The molecule has 4 aromatic carbocycles. The summed E-state index contributed by atoms with van der Waals surface area (Å²) in [5.41, 5.74) is 2.75. The van der Waals surface area contributed by atoms with Gasteiger partial charge < -0.3 is 4.74 Å². The van der Waals surface area contributed by atoms with E-state index in [0.717, 1.165) is 32.4 Å². The molecule has 2 heterocycles. The third-order valence-corrected chi connectivity index (χ3v) is 8.08. The largest absolute Gasteiger partial charge is 0.425 e. The number of rotatable bonds is 2. The molecular weight excluding hydrogens is 486 g/mol. The Morgan fingerprint density at radius 1 is 0.730 bits per heavy atom. The van der Waals surface area contributed by atoms with Crippen LogP contribution in [0.2, 0.25) is 5.02 Å². The Morgan fingerprint density at radius 2 is 1.43 bits per heavy atom. The highest BCUT2D eigenvalue weighted by Crippen LogP contribution is 2.55. The lowest BCUT2D eigenvalue weighted by atomic mass is 9.64. The molecule has 4 aromatic rings. The first-order chi connectivity index (χ1) is 18.0. The number of imide groups is 1. The highest BCUT2D eigenvalue weighted by molar-refractivity contribution is 6.36. The summed E-state index contributed by atoms with van der Waals surface area (Å²) in [7, 11) is 0. The molecule has 0 N–H and O–H groups in total. The van der Waals surface area contributed by atoms with Gasteiger partial charge in [-0.05, 0) is 28.7 Å². The molecule has 0 bridgehead atoms. The summed E-state index contributed by atoms with van der Waals surface area (Å²) in [6.07, 6.45) is 2.00. The van der Waals surface area contributed by atoms with Crippen molar-refractivity contribution in [2.75, 3.05) is 4.90 Å². The number of amides is 2. The minimum atomic E-state index is -0.902. The van der Waals surface area contributed by atoms with Gasteiger partial charge >= 0.3 is 5.97 Å². The summed E-state index contributed by atoms with van der Waals surface area (Å²) in [6, 6.07) is 28.1. The minimum Gasteiger partial charge on any atom is -0.425 e. The number of allylic oxidation sites excluding steroid dienone is 1. The Morgan fingerprint density at radius 3 is 2.24 bits per heavy atom. The molecular formula is C31H20ClNO4. The van der Waals surface area contributed by atoms with Crippen molar-refractivity contribution in [3.8, 4) is 5.75 Å². The molecule has 5 nitrogen and oxygen atoms in total. The Hall–Kier alpha value is -4.22. The van der Waals surface area contributed by atoms with Crippen LogP contribution in [0.1, 0.15) is 17.0 Å². The first-order valence-corrected chi connectivity index (χ1v) is 12.5. The lowest BCUT2D eigenvalue weighted by Crippen LogP contribution is -2.42. The number of esters is 1. The second kappa shape index (κ2) is 8.15. The molecule has 180 valence electrons. The zero-order chi connectivity index (χ0) is 25.3. The smallest absolute Gasteiger partial charge is 0.319 e. The number of carbonyl (C=O) groups is 3. The third-order valence-electron chi connectivity index (χ3n) is 7.76. The maximum absolute atomic E-state index is 14.0. The quantitative estimate of drug-likeness (QED) is 0.190. The van der Waals surface area contributed by atoms with Gasteiger partial charge in [0.05, 0.1) is 28.5 Å². The van der Waals surface area contributed by atoms with Crippen molar-refractivity contribution in [2.45, 2.75) is 5.92 Å². The molecule has 1 fully saturated rings. The van der Waals surface area contributed by atoms with Crippen molar-refractivity contribution < 1.29 is 19.1 Å². The second-order valence-corrected chi connectivity index (χ2v) is 10.0. The Labute approximate surface area is 217 Å². The first-order valence-electron chi connectivity index (χ1n) is 12.2. The summed E-state index contributed by atoms with van der Waals surface area (Å²) in [5.74, 6) is -3.75. The maximum atomic E-state index is 14.0. The van der Waals surface area contributed by atoms with E-state index in [1.165, 1.54) is 0 Å².